The molecule has 0 fully saturated rings. The number of hydrogen-bond acceptors (Lipinski definition) is 4. The van der Waals surface area contributed by atoms with Gasteiger partial charge < -0.3 is 5.73 Å². The van der Waals surface area contributed by atoms with E-state index in [2.05, 4.69) is 9.97 Å². The lowest BCUT2D eigenvalue weighted by Crippen LogP contribution is -2.22. The highest BCUT2D eigenvalue weighted by atomic mass is 32.2. The zero-order chi connectivity index (χ0) is 10.8. The van der Waals surface area contributed by atoms with Crippen LogP contribution < -0.4 is 5.73 Å². The summed E-state index contributed by atoms with van der Waals surface area (Å²) in [5, 5.41) is -1.43. The molecule has 1 aromatic heterocycles. The summed E-state index contributed by atoms with van der Waals surface area (Å²) >= 11 is 0.554. The summed E-state index contributed by atoms with van der Waals surface area (Å²) in [5.41, 5.74) is 5.35. The molecule has 0 saturated heterocycles. The van der Waals surface area contributed by atoms with Crippen LogP contribution in [0.3, 0.4) is 0 Å². The zero-order valence-electron chi connectivity index (χ0n) is 7.25. The van der Waals surface area contributed by atoms with E-state index in [1.807, 2.05) is 0 Å². The topological polar surface area (TPSA) is 51.8 Å². The Balaban J connectivity index is 2.75. The summed E-state index contributed by atoms with van der Waals surface area (Å²) in [6, 6.07) is 0. The van der Waals surface area contributed by atoms with Crippen molar-refractivity contribution in [1.29, 1.82) is 0 Å². The molecule has 3 nitrogen and oxygen atoms in total. The van der Waals surface area contributed by atoms with Gasteiger partial charge in [0.2, 0.25) is 0 Å². The Morgan fingerprint density at radius 1 is 1.36 bits per heavy atom. The molecule has 0 spiro atoms. The summed E-state index contributed by atoms with van der Waals surface area (Å²) in [6.07, 6.45) is -1.62. The van der Waals surface area contributed by atoms with E-state index < -0.39 is 11.4 Å². The van der Waals surface area contributed by atoms with E-state index in [1.54, 1.807) is 0 Å². The standard InChI is InChI=1S/C7H8F3N3S/c1-4(7(8,9)10)14-6-5(11)12-2-3-13-6/h2-4H,1H3,(H2,11,12). The first-order valence-corrected chi connectivity index (χ1v) is 4.59. The van der Waals surface area contributed by atoms with Crippen molar-refractivity contribution in [3.63, 3.8) is 0 Å². The van der Waals surface area contributed by atoms with Gasteiger partial charge in [-0.1, -0.05) is 11.8 Å². The Hall–Kier alpha value is -0.980. The highest BCUT2D eigenvalue weighted by molar-refractivity contribution is 8.00. The molecule has 0 amide bonds. The van der Waals surface area contributed by atoms with Gasteiger partial charge in [-0.3, -0.25) is 0 Å². The maximum absolute atomic E-state index is 12.2. The van der Waals surface area contributed by atoms with E-state index in [4.69, 9.17) is 5.73 Å². The minimum absolute atomic E-state index is 0.0219. The van der Waals surface area contributed by atoms with Gasteiger partial charge in [0.15, 0.2) is 5.82 Å². The van der Waals surface area contributed by atoms with Gasteiger partial charge in [-0.05, 0) is 6.92 Å². The van der Waals surface area contributed by atoms with Crippen LogP contribution in [0.1, 0.15) is 6.92 Å². The average Bonchev–Trinajstić information content (AvgIpc) is 2.07. The molecule has 0 aliphatic heterocycles. The lowest BCUT2D eigenvalue weighted by Gasteiger charge is -2.14. The molecule has 1 aromatic rings. The fraction of sp³-hybridized carbons (Fsp3) is 0.429. The van der Waals surface area contributed by atoms with Crippen molar-refractivity contribution in [2.75, 3.05) is 5.73 Å². The molecule has 0 saturated carbocycles. The van der Waals surface area contributed by atoms with Crippen molar-refractivity contribution >= 4 is 17.6 Å². The first kappa shape index (κ1) is 11.1. The second kappa shape index (κ2) is 4.04. The van der Waals surface area contributed by atoms with Crippen molar-refractivity contribution in [3.8, 4) is 0 Å². The fourth-order valence-corrected chi connectivity index (χ4v) is 1.42. The smallest absolute Gasteiger partial charge is 0.381 e. The molecule has 0 radical (unpaired) electrons. The molecule has 0 aliphatic rings. The van der Waals surface area contributed by atoms with Crippen molar-refractivity contribution in [2.45, 2.75) is 23.4 Å². The Bertz CT molecular complexity index is 315. The molecule has 1 heterocycles. The predicted octanol–water partition coefficient (Wildman–Crippen LogP) is 2.10. The number of aromatic nitrogens is 2. The monoisotopic (exact) mass is 223 g/mol. The van der Waals surface area contributed by atoms with Crippen LogP contribution in [0.25, 0.3) is 0 Å². The fourth-order valence-electron chi connectivity index (χ4n) is 0.661. The van der Waals surface area contributed by atoms with Crippen LogP contribution >= 0.6 is 11.8 Å². The van der Waals surface area contributed by atoms with E-state index >= 15 is 0 Å². The summed E-state index contributed by atoms with van der Waals surface area (Å²) < 4.78 is 36.5. The molecule has 7 heteroatoms. The number of nitrogens with two attached hydrogens (primary N) is 1. The maximum Gasteiger partial charge on any atom is 0.400 e. The van der Waals surface area contributed by atoms with E-state index in [-0.39, 0.29) is 10.8 Å². The summed E-state index contributed by atoms with van der Waals surface area (Å²) in [4.78, 5) is 7.35. The summed E-state index contributed by atoms with van der Waals surface area (Å²) in [7, 11) is 0. The zero-order valence-corrected chi connectivity index (χ0v) is 8.06. The van der Waals surface area contributed by atoms with Crippen LogP contribution in [0.2, 0.25) is 0 Å². The van der Waals surface area contributed by atoms with Crippen molar-refractivity contribution < 1.29 is 13.2 Å². The van der Waals surface area contributed by atoms with Crippen molar-refractivity contribution in [1.82, 2.24) is 9.97 Å². The number of alkyl halides is 3. The third-order valence-corrected chi connectivity index (χ3v) is 2.60. The number of thioether (sulfide) groups is 1. The first-order valence-electron chi connectivity index (χ1n) is 3.71. The lowest BCUT2D eigenvalue weighted by molar-refractivity contribution is -0.125. The maximum atomic E-state index is 12.2. The largest absolute Gasteiger partial charge is 0.400 e. The quantitative estimate of drug-likeness (QED) is 0.780. The molecule has 0 bridgehead atoms. The van der Waals surface area contributed by atoms with E-state index in [9.17, 15) is 13.2 Å². The molecule has 1 unspecified atom stereocenters. The van der Waals surface area contributed by atoms with Crippen LogP contribution in [0, 0.1) is 0 Å². The van der Waals surface area contributed by atoms with Gasteiger partial charge in [0.05, 0.1) is 0 Å². The Labute approximate surface area is 82.9 Å². The minimum Gasteiger partial charge on any atom is -0.381 e. The van der Waals surface area contributed by atoms with Crippen molar-refractivity contribution in [2.24, 2.45) is 0 Å². The average molecular weight is 223 g/mol. The molecule has 1 rings (SSSR count). The highest BCUT2D eigenvalue weighted by Gasteiger charge is 2.37. The third kappa shape index (κ3) is 2.76. The lowest BCUT2D eigenvalue weighted by atomic mass is 10.5. The van der Waals surface area contributed by atoms with Gasteiger partial charge in [-0.15, -0.1) is 0 Å². The number of anilines is 1. The van der Waals surface area contributed by atoms with Gasteiger partial charge in [0.1, 0.15) is 10.3 Å². The van der Waals surface area contributed by atoms with Gasteiger partial charge >= 0.3 is 6.18 Å². The van der Waals surface area contributed by atoms with Gasteiger partial charge in [-0.2, -0.15) is 13.2 Å². The number of rotatable bonds is 2. The molecule has 0 aliphatic carbocycles. The predicted molar refractivity (Wildman–Crippen MR) is 47.8 cm³/mol. The van der Waals surface area contributed by atoms with Crippen LogP contribution in [0.5, 0.6) is 0 Å². The molecule has 2 N–H and O–H groups in total. The van der Waals surface area contributed by atoms with Crippen LogP contribution in [-0.2, 0) is 0 Å². The van der Waals surface area contributed by atoms with E-state index in [0.717, 1.165) is 6.92 Å². The normalized spacial score (nSPS) is 14.0. The molecule has 0 aromatic carbocycles. The van der Waals surface area contributed by atoms with E-state index in [0.29, 0.717) is 11.8 Å². The molecule has 14 heavy (non-hydrogen) atoms. The molecular formula is C7H8F3N3S. The Morgan fingerprint density at radius 2 is 1.93 bits per heavy atom. The van der Waals surface area contributed by atoms with Crippen LogP contribution in [-0.4, -0.2) is 21.4 Å². The van der Waals surface area contributed by atoms with Crippen LogP contribution in [0.4, 0.5) is 19.0 Å². The van der Waals surface area contributed by atoms with Crippen molar-refractivity contribution in [3.05, 3.63) is 12.4 Å². The minimum atomic E-state index is -4.26. The molecule has 1 atom stereocenters. The molecular weight excluding hydrogens is 215 g/mol. The molecule has 78 valence electrons. The summed E-state index contributed by atoms with van der Waals surface area (Å²) in [5.74, 6) is 0.0219. The number of halogens is 3. The number of nitrogens with zero attached hydrogens (tertiary/aromatic N) is 2. The number of nitrogen functional groups attached to an aromatic ring is 1. The Kier molecular flexibility index (Phi) is 3.20. The van der Waals surface area contributed by atoms with Crippen LogP contribution in [0.15, 0.2) is 17.4 Å². The van der Waals surface area contributed by atoms with Gasteiger partial charge in [0, 0.05) is 12.4 Å². The van der Waals surface area contributed by atoms with E-state index in [1.165, 1.54) is 12.4 Å². The summed E-state index contributed by atoms with van der Waals surface area (Å²) in [6.45, 7) is 1.05. The second-order valence-electron chi connectivity index (χ2n) is 2.55. The highest BCUT2D eigenvalue weighted by Crippen LogP contribution is 2.35. The number of hydrogen-bond donors (Lipinski definition) is 1. The SMILES string of the molecule is CC(Sc1nccnc1N)C(F)(F)F. The van der Waals surface area contributed by atoms with Gasteiger partial charge in [0.25, 0.3) is 0 Å². The van der Waals surface area contributed by atoms with Gasteiger partial charge in [-0.25, -0.2) is 9.97 Å². The first-order chi connectivity index (χ1) is 6.41. The Morgan fingerprint density at radius 3 is 2.43 bits per heavy atom. The third-order valence-electron chi connectivity index (χ3n) is 1.44. The second-order valence-corrected chi connectivity index (χ2v) is 3.88.